The van der Waals surface area contributed by atoms with Crippen LogP contribution in [-0.2, 0) is 9.59 Å². The van der Waals surface area contributed by atoms with Gasteiger partial charge in [0, 0.05) is 34.9 Å². The Balaban J connectivity index is 1.43. The first-order valence-corrected chi connectivity index (χ1v) is 11.4. The van der Waals surface area contributed by atoms with Crippen molar-refractivity contribution in [1.29, 1.82) is 0 Å². The number of hydrogen-bond acceptors (Lipinski definition) is 7. The van der Waals surface area contributed by atoms with Crippen LogP contribution in [0.25, 0.3) is 22.0 Å². The zero-order chi connectivity index (χ0) is 25.0. The van der Waals surface area contributed by atoms with Crippen molar-refractivity contribution in [2.45, 2.75) is 25.8 Å². The second-order valence-electron chi connectivity index (χ2n) is 8.84. The number of fused-ring (bicyclic) bond motifs is 2. The van der Waals surface area contributed by atoms with E-state index in [0.29, 0.717) is 11.4 Å². The number of H-pyrrole nitrogens is 1. The molecule has 0 radical (unpaired) electrons. The number of pyridine rings is 1. The quantitative estimate of drug-likeness (QED) is 0.382. The topological polar surface area (TPSA) is 137 Å². The minimum absolute atomic E-state index is 0.0638. The SMILES string of the molecule is Cc1cc(-c2cc3[nH]ncc3cc2Nc2cccc3c2C(=O)N(C2CCC(=O)NC2=O)C3=O)ccn1. The number of nitrogens with zero attached hydrogens (tertiary/aromatic N) is 3. The van der Waals surface area contributed by atoms with E-state index in [1.807, 2.05) is 31.2 Å². The molecule has 2 aliphatic heterocycles. The van der Waals surface area contributed by atoms with Crippen LogP contribution in [0.2, 0.25) is 0 Å². The van der Waals surface area contributed by atoms with Crippen molar-refractivity contribution in [3.8, 4) is 11.1 Å². The zero-order valence-electron chi connectivity index (χ0n) is 19.2. The zero-order valence-corrected chi connectivity index (χ0v) is 19.2. The fourth-order valence-corrected chi connectivity index (χ4v) is 4.81. The van der Waals surface area contributed by atoms with Crippen molar-refractivity contribution in [3.05, 3.63) is 71.7 Å². The van der Waals surface area contributed by atoms with Gasteiger partial charge in [-0.3, -0.25) is 39.5 Å². The molecule has 10 nitrogen and oxygen atoms in total. The van der Waals surface area contributed by atoms with E-state index in [9.17, 15) is 19.2 Å². The molecule has 3 N–H and O–H groups in total. The third-order valence-electron chi connectivity index (χ3n) is 6.52. The molecule has 1 atom stereocenters. The largest absolute Gasteiger partial charge is 0.354 e. The number of aryl methyl sites for hydroxylation is 1. The minimum atomic E-state index is -1.03. The fraction of sp³-hybridized carbons (Fsp3) is 0.154. The maximum Gasteiger partial charge on any atom is 0.264 e. The van der Waals surface area contributed by atoms with Crippen LogP contribution in [0, 0.1) is 6.92 Å². The third-order valence-corrected chi connectivity index (χ3v) is 6.52. The van der Waals surface area contributed by atoms with E-state index in [2.05, 4.69) is 25.8 Å². The normalized spacial score (nSPS) is 17.5. The van der Waals surface area contributed by atoms with Crippen molar-refractivity contribution < 1.29 is 19.2 Å². The number of nitrogens with one attached hydrogen (secondary N) is 3. The number of piperidine rings is 1. The van der Waals surface area contributed by atoms with Crippen LogP contribution in [0.5, 0.6) is 0 Å². The number of aromatic nitrogens is 3. The highest BCUT2D eigenvalue weighted by Crippen LogP contribution is 2.38. The molecule has 178 valence electrons. The smallest absolute Gasteiger partial charge is 0.264 e. The molecule has 0 spiro atoms. The summed E-state index contributed by atoms with van der Waals surface area (Å²) in [5.41, 5.74) is 5.02. The van der Waals surface area contributed by atoms with Crippen molar-refractivity contribution in [3.63, 3.8) is 0 Å². The van der Waals surface area contributed by atoms with E-state index in [-0.39, 0.29) is 24.0 Å². The Hall–Kier alpha value is -4.86. The molecule has 6 rings (SSSR count). The number of anilines is 2. The summed E-state index contributed by atoms with van der Waals surface area (Å²) in [5.74, 6) is -2.18. The lowest BCUT2D eigenvalue weighted by Crippen LogP contribution is -2.54. The van der Waals surface area contributed by atoms with Gasteiger partial charge in [-0.1, -0.05) is 6.07 Å². The molecule has 4 aromatic rings. The molecule has 1 unspecified atom stereocenters. The highest BCUT2D eigenvalue weighted by atomic mass is 16.2. The number of hydrogen-bond donors (Lipinski definition) is 3. The summed E-state index contributed by atoms with van der Waals surface area (Å²) in [5, 5.41) is 13.5. The van der Waals surface area contributed by atoms with Gasteiger partial charge in [-0.05, 0) is 55.3 Å². The highest BCUT2D eigenvalue weighted by Gasteiger charge is 2.45. The highest BCUT2D eigenvalue weighted by molar-refractivity contribution is 6.25. The summed E-state index contributed by atoms with van der Waals surface area (Å²) in [6.07, 6.45) is 3.60. The van der Waals surface area contributed by atoms with E-state index in [1.165, 1.54) is 0 Å². The summed E-state index contributed by atoms with van der Waals surface area (Å²) in [7, 11) is 0. The standard InChI is InChI=1S/C26H20N6O4/c1-13-9-14(7-8-27-13)17-11-19-15(12-28-31-19)10-20(17)29-18-4-2-3-16-23(18)26(36)32(25(16)35)21-5-6-22(33)30-24(21)34/h2-4,7-12,21,29H,5-6H2,1H3,(H,28,31)(H,30,33,34). The van der Waals surface area contributed by atoms with Gasteiger partial charge < -0.3 is 5.32 Å². The van der Waals surface area contributed by atoms with Gasteiger partial charge in [-0.2, -0.15) is 5.10 Å². The lowest BCUT2D eigenvalue weighted by Gasteiger charge is -2.27. The third kappa shape index (κ3) is 3.42. The maximum absolute atomic E-state index is 13.5. The maximum atomic E-state index is 13.5. The second kappa shape index (κ2) is 8.12. The molecule has 36 heavy (non-hydrogen) atoms. The van der Waals surface area contributed by atoms with E-state index in [4.69, 9.17) is 0 Å². The molecular weight excluding hydrogens is 460 g/mol. The number of rotatable bonds is 4. The Morgan fingerprint density at radius 2 is 1.86 bits per heavy atom. The number of imide groups is 2. The van der Waals surface area contributed by atoms with E-state index in [0.717, 1.165) is 32.6 Å². The Morgan fingerprint density at radius 3 is 2.67 bits per heavy atom. The van der Waals surface area contributed by atoms with Crippen LogP contribution < -0.4 is 10.6 Å². The minimum Gasteiger partial charge on any atom is -0.354 e. The van der Waals surface area contributed by atoms with Crippen LogP contribution in [0.4, 0.5) is 11.4 Å². The summed E-state index contributed by atoms with van der Waals surface area (Å²) in [6, 6.07) is 11.7. The van der Waals surface area contributed by atoms with Crippen molar-refractivity contribution in [1.82, 2.24) is 25.4 Å². The Morgan fingerprint density at radius 1 is 1.00 bits per heavy atom. The monoisotopic (exact) mass is 480 g/mol. The van der Waals surface area contributed by atoms with Gasteiger partial charge in [0.1, 0.15) is 6.04 Å². The molecule has 2 aliphatic rings. The van der Waals surface area contributed by atoms with Gasteiger partial charge in [0.2, 0.25) is 11.8 Å². The summed E-state index contributed by atoms with van der Waals surface area (Å²) in [6.45, 7) is 1.91. The summed E-state index contributed by atoms with van der Waals surface area (Å²) < 4.78 is 0. The van der Waals surface area contributed by atoms with E-state index < -0.39 is 29.7 Å². The van der Waals surface area contributed by atoms with Crippen LogP contribution in [0.15, 0.2) is 54.9 Å². The molecule has 4 heterocycles. The predicted molar refractivity (Wildman–Crippen MR) is 130 cm³/mol. The summed E-state index contributed by atoms with van der Waals surface area (Å²) in [4.78, 5) is 55.9. The number of amides is 4. The second-order valence-corrected chi connectivity index (χ2v) is 8.84. The first kappa shape index (κ1) is 21.7. The van der Waals surface area contributed by atoms with E-state index >= 15 is 0 Å². The molecule has 0 bridgehead atoms. The van der Waals surface area contributed by atoms with Crippen molar-refractivity contribution in [2.75, 3.05) is 5.32 Å². The van der Waals surface area contributed by atoms with Gasteiger partial charge in [0.25, 0.3) is 11.8 Å². The van der Waals surface area contributed by atoms with Gasteiger partial charge in [-0.25, -0.2) is 0 Å². The van der Waals surface area contributed by atoms with Gasteiger partial charge in [0.15, 0.2) is 0 Å². The van der Waals surface area contributed by atoms with Crippen LogP contribution in [0.1, 0.15) is 39.3 Å². The molecule has 0 aliphatic carbocycles. The Kier molecular flexibility index (Phi) is 4.89. The number of aromatic amines is 1. The van der Waals surface area contributed by atoms with E-state index in [1.54, 1.807) is 30.6 Å². The lowest BCUT2D eigenvalue weighted by molar-refractivity contribution is -0.136. The molecular formula is C26H20N6O4. The molecule has 2 aromatic heterocycles. The van der Waals surface area contributed by atoms with Gasteiger partial charge in [-0.15, -0.1) is 0 Å². The van der Waals surface area contributed by atoms with Crippen LogP contribution in [-0.4, -0.2) is 49.8 Å². The van der Waals surface area contributed by atoms with Crippen LogP contribution in [0.3, 0.4) is 0 Å². The molecule has 1 saturated heterocycles. The Labute approximate surface area is 204 Å². The number of carbonyl (C=O) groups is 4. The molecule has 1 fully saturated rings. The Bertz CT molecular complexity index is 1610. The number of carbonyl (C=O) groups excluding carboxylic acids is 4. The molecule has 2 aromatic carbocycles. The molecule has 10 heteroatoms. The lowest BCUT2D eigenvalue weighted by atomic mass is 10.0. The van der Waals surface area contributed by atoms with Crippen LogP contribution >= 0.6 is 0 Å². The van der Waals surface area contributed by atoms with Crippen molar-refractivity contribution >= 4 is 45.9 Å². The predicted octanol–water partition coefficient (Wildman–Crippen LogP) is 3.08. The fourth-order valence-electron chi connectivity index (χ4n) is 4.81. The van der Waals surface area contributed by atoms with Gasteiger partial charge >= 0.3 is 0 Å². The summed E-state index contributed by atoms with van der Waals surface area (Å²) >= 11 is 0. The average Bonchev–Trinajstić information content (AvgIpc) is 3.41. The van der Waals surface area contributed by atoms with Gasteiger partial charge in [0.05, 0.1) is 28.5 Å². The van der Waals surface area contributed by atoms with Crippen molar-refractivity contribution in [2.24, 2.45) is 0 Å². The first-order valence-electron chi connectivity index (χ1n) is 11.4. The average molecular weight is 480 g/mol. The first-order chi connectivity index (χ1) is 17.4. The molecule has 0 saturated carbocycles. The number of benzene rings is 2. The molecule has 4 amide bonds.